The molecule has 3 unspecified atom stereocenters. The summed E-state index contributed by atoms with van der Waals surface area (Å²) < 4.78 is 12.5. The number of hydrogen-bond acceptors (Lipinski definition) is 11. The van der Waals surface area contributed by atoms with Gasteiger partial charge in [-0.1, -0.05) is 63.6 Å². The second-order valence-electron chi connectivity index (χ2n) is 19.5. The lowest BCUT2D eigenvalue weighted by Gasteiger charge is -2.60. The number of ketones is 1. The standard InChI is InChI=1S/C48H68BN7O10/c1-7-8-9-29-10-12-30(13-11-29)31-14-16-32(17-15-31)45(62)52-19-18-42(60)56-25-34(50)22-38(56)39(58)23-35(27(3)57)46(63)53-26(2)44(61)55-37(24-41(51)59)47(64)54-28(4)49-65-40-21-33-20-36(43(40)66-49)48(33,5)6/h10-17,26-28,33-38,40,43,57H,7-9,18-25,50H2,1-6H3,(H2,51,59)(H,52,62)(H,53,63)(H,54,64)(H,55,61)/t26-,27?,28-,33-,34-,35-,36+,37-,38-,40?,43?/m0/s1. The number of Topliss-reactive ketones (excluding diaryl/α,β-unsaturated/α-hetero) is 1. The molecule has 6 amide bonds. The van der Waals surface area contributed by atoms with E-state index in [1.54, 1.807) is 19.1 Å². The van der Waals surface area contributed by atoms with Gasteiger partial charge in [-0.25, -0.2) is 0 Å². The number of aliphatic hydroxyl groups excluding tert-OH is 1. The third-order valence-corrected chi connectivity index (χ3v) is 14.2. The minimum Gasteiger partial charge on any atom is -0.404 e. The number of unbranched alkanes of at least 4 members (excludes halogenated alkanes) is 1. The summed E-state index contributed by atoms with van der Waals surface area (Å²) in [6.07, 6.45) is 2.81. The summed E-state index contributed by atoms with van der Waals surface area (Å²) in [6, 6.07) is 11.4. The number of primary amides is 1. The molecule has 0 aromatic heterocycles. The smallest absolute Gasteiger partial charge is 0.404 e. The van der Waals surface area contributed by atoms with Crippen molar-refractivity contribution in [3.63, 3.8) is 0 Å². The van der Waals surface area contributed by atoms with E-state index in [-0.39, 0.29) is 49.5 Å². The molecule has 358 valence electrons. The maximum absolute atomic E-state index is 13.7. The van der Waals surface area contributed by atoms with Crippen LogP contribution in [0.15, 0.2) is 48.5 Å². The van der Waals surface area contributed by atoms with E-state index in [0.29, 0.717) is 17.4 Å². The third kappa shape index (κ3) is 11.9. The maximum atomic E-state index is 13.7. The monoisotopic (exact) mass is 914 g/mol. The Labute approximate surface area is 387 Å². The van der Waals surface area contributed by atoms with Crippen molar-refractivity contribution in [2.75, 3.05) is 13.1 Å². The molecule has 3 saturated carbocycles. The Morgan fingerprint density at radius 1 is 0.864 bits per heavy atom. The van der Waals surface area contributed by atoms with Crippen LogP contribution in [-0.2, 0) is 44.5 Å². The van der Waals surface area contributed by atoms with Crippen molar-refractivity contribution in [1.29, 1.82) is 0 Å². The fourth-order valence-electron chi connectivity index (χ4n) is 9.96. The first kappa shape index (κ1) is 50.3. The number of amides is 6. The first-order valence-electron chi connectivity index (χ1n) is 23.5. The SMILES string of the molecule is CCCCc1ccc(-c2ccc(C(=O)NCCC(=O)N3C[C@@H](N)C[C@H]3C(=O)C[C@H](C(=O)N[C@@H](C)C(=O)N[C@@H](CC(N)=O)C(=O)N[C@@H](C)B3OC4C[C@@H]5C[C@H](C4O3)C5(C)C)C(C)O)cc2)cc1. The second kappa shape index (κ2) is 21.6. The van der Waals surface area contributed by atoms with Gasteiger partial charge in [0.1, 0.15) is 12.1 Å². The lowest BCUT2D eigenvalue weighted by molar-refractivity contribution is -0.150. The average Bonchev–Trinajstić information content (AvgIpc) is 3.91. The van der Waals surface area contributed by atoms with Gasteiger partial charge in [-0.2, -0.15) is 0 Å². The fourth-order valence-corrected chi connectivity index (χ4v) is 9.96. The van der Waals surface area contributed by atoms with Gasteiger partial charge in [0.15, 0.2) is 5.78 Å². The zero-order chi connectivity index (χ0) is 48.0. The van der Waals surface area contributed by atoms with Crippen molar-refractivity contribution in [1.82, 2.24) is 26.2 Å². The third-order valence-electron chi connectivity index (χ3n) is 14.2. The van der Waals surface area contributed by atoms with Crippen LogP contribution in [0, 0.1) is 23.2 Å². The predicted molar refractivity (Wildman–Crippen MR) is 247 cm³/mol. The normalized spacial score (nSPS) is 25.0. The molecule has 11 atom stereocenters. The Balaban J connectivity index is 0.966. The van der Waals surface area contributed by atoms with Crippen molar-refractivity contribution in [2.24, 2.45) is 34.6 Å². The van der Waals surface area contributed by atoms with Crippen LogP contribution < -0.4 is 32.7 Å². The Morgan fingerprint density at radius 2 is 1.53 bits per heavy atom. The molecule has 17 nitrogen and oxygen atoms in total. The van der Waals surface area contributed by atoms with Crippen LogP contribution in [0.2, 0.25) is 0 Å². The molecule has 7 rings (SSSR count). The van der Waals surface area contributed by atoms with E-state index in [0.717, 1.165) is 43.2 Å². The molecule has 9 N–H and O–H groups in total. The molecule has 2 heterocycles. The van der Waals surface area contributed by atoms with Crippen molar-refractivity contribution < 1.29 is 48.0 Å². The van der Waals surface area contributed by atoms with Crippen molar-refractivity contribution in [3.05, 3.63) is 59.7 Å². The van der Waals surface area contributed by atoms with E-state index in [1.807, 2.05) is 12.1 Å². The van der Waals surface area contributed by atoms with Gasteiger partial charge >= 0.3 is 7.12 Å². The lowest BCUT2D eigenvalue weighted by atomic mass is 9.47. The van der Waals surface area contributed by atoms with Crippen LogP contribution in [0.5, 0.6) is 0 Å². The fraction of sp³-hybridized carbons (Fsp3) is 0.604. The highest BCUT2D eigenvalue weighted by Gasteiger charge is 2.62. The summed E-state index contributed by atoms with van der Waals surface area (Å²) in [6.45, 7) is 11.1. The summed E-state index contributed by atoms with van der Waals surface area (Å²) in [5.74, 6) is -5.48. The average molecular weight is 914 g/mol. The summed E-state index contributed by atoms with van der Waals surface area (Å²) in [7, 11) is -0.723. The van der Waals surface area contributed by atoms with Crippen LogP contribution in [-0.4, -0.2) is 120 Å². The van der Waals surface area contributed by atoms with Gasteiger partial charge < -0.3 is 52.0 Å². The van der Waals surface area contributed by atoms with E-state index in [4.69, 9.17) is 20.8 Å². The molecule has 66 heavy (non-hydrogen) atoms. The van der Waals surface area contributed by atoms with Crippen LogP contribution in [0.1, 0.15) is 109 Å². The molecular formula is C48H68BN7O10. The number of aryl methyl sites for hydroxylation is 1. The Hall–Kier alpha value is -5.17. The number of benzene rings is 2. The molecule has 2 bridgehead atoms. The number of rotatable bonds is 21. The topological polar surface area (TPSA) is 262 Å². The van der Waals surface area contributed by atoms with Gasteiger partial charge in [0, 0.05) is 37.5 Å². The summed E-state index contributed by atoms with van der Waals surface area (Å²) in [5.41, 5.74) is 15.5. The Bertz CT molecular complexity index is 2100. The number of aliphatic hydroxyl groups is 1. The molecule has 0 spiro atoms. The predicted octanol–water partition coefficient (Wildman–Crippen LogP) is 1.95. The van der Waals surface area contributed by atoms with Gasteiger partial charge in [0.05, 0.1) is 42.6 Å². The van der Waals surface area contributed by atoms with Crippen molar-refractivity contribution in [2.45, 2.75) is 148 Å². The van der Waals surface area contributed by atoms with Gasteiger partial charge in [-0.15, -0.1) is 0 Å². The number of nitrogens with zero attached hydrogens (tertiary/aromatic N) is 1. The Morgan fingerprint density at radius 3 is 2.15 bits per heavy atom. The van der Waals surface area contributed by atoms with Gasteiger partial charge in [-0.05, 0) is 98.9 Å². The quantitative estimate of drug-likeness (QED) is 0.0891. The van der Waals surface area contributed by atoms with Crippen molar-refractivity contribution >= 4 is 48.3 Å². The molecular weight excluding hydrogens is 845 g/mol. The molecule has 5 aliphatic rings. The number of likely N-dealkylation sites (tertiary alicyclic amines) is 1. The number of hydrogen-bond donors (Lipinski definition) is 7. The van der Waals surface area contributed by atoms with E-state index >= 15 is 0 Å². The maximum Gasteiger partial charge on any atom is 0.481 e. The largest absolute Gasteiger partial charge is 0.481 e. The first-order chi connectivity index (χ1) is 31.3. The molecule has 2 aliphatic heterocycles. The van der Waals surface area contributed by atoms with Gasteiger partial charge in [0.2, 0.25) is 29.5 Å². The number of carbonyl (C=O) groups excluding carboxylic acids is 7. The molecule has 3 aliphatic carbocycles. The second-order valence-corrected chi connectivity index (χ2v) is 19.5. The Kier molecular flexibility index (Phi) is 16.5. The number of carbonyl (C=O) groups is 7. The summed E-state index contributed by atoms with van der Waals surface area (Å²) in [4.78, 5) is 93.8. The molecule has 2 aromatic rings. The highest BCUT2D eigenvalue weighted by atomic mass is 16.7. The highest BCUT2D eigenvalue weighted by molar-refractivity contribution is 6.47. The van der Waals surface area contributed by atoms with Crippen LogP contribution >= 0.6 is 0 Å². The zero-order valence-corrected chi connectivity index (χ0v) is 39.0. The highest BCUT2D eigenvalue weighted by Crippen LogP contribution is 2.61. The van der Waals surface area contributed by atoms with Crippen LogP contribution in [0.3, 0.4) is 0 Å². The van der Waals surface area contributed by atoms with E-state index in [1.165, 1.54) is 24.3 Å². The molecule has 2 saturated heterocycles. The number of nitrogens with one attached hydrogen (secondary N) is 4. The summed E-state index contributed by atoms with van der Waals surface area (Å²) in [5, 5.41) is 21.2. The van der Waals surface area contributed by atoms with E-state index in [2.05, 4.69) is 66.3 Å². The molecule has 18 heteroatoms. The zero-order valence-electron chi connectivity index (χ0n) is 39.0. The minimum absolute atomic E-state index is 0.00840. The summed E-state index contributed by atoms with van der Waals surface area (Å²) >= 11 is 0. The van der Waals surface area contributed by atoms with Crippen molar-refractivity contribution in [3.8, 4) is 11.1 Å². The first-order valence-corrected chi connectivity index (χ1v) is 23.5. The van der Waals surface area contributed by atoms with Gasteiger partial charge in [0.25, 0.3) is 5.91 Å². The minimum atomic E-state index is -1.39. The number of nitrogens with two attached hydrogens (primary N) is 2. The van der Waals surface area contributed by atoms with Crippen LogP contribution in [0.25, 0.3) is 11.1 Å². The molecule has 0 radical (unpaired) electrons. The molecule has 2 aromatic carbocycles. The van der Waals surface area contributed by atoms with Crippen LogP contribution in [0.4, 0.5) is 0 Å². The van der Waals surface area contributed by atoms with E-state index in [9.17, 15) is 38.7 Å². The molecule has 5 fully saturated rings. The van der Waals surface area contributed by atoms with E-state index < -0.39 is 97.4 Å². The lowest BCUT2D eigenvalue weighted by Crippen LogP contribution is -2.59. The van der Waals surface area contributed by atoms with Gasteiger partial charge in [-0.3, -0.25) is 33.6 Å².